The van der Waals surface area contributed by atoms with Crippen molar-refractivity contribution >= 4 is 15.9 Å². The first kappa shape index (κ1) is 15.9. The van der Waals surface area contributed by atoms with Crippen molar-refractivity contribution in [3.8, 4) is 0 Å². The van der Waals surface area contributed by atoms with Crippen LogP contribution in [-0.2, 0) is 17.8 Å². The minimum Gasteiger partial charge on any atom is -0.379 e. The molecule has 6 heteroatoms. The van der Waals surface area contributed by atoms with Gasteiger partial charge in [0.1, 0.15) is 0 Å². The van der Waals surface area contributed by atoms with Crippen molar-refractivity contribution in [2.45, 2.75) is 39.9 Å². The number of rotatable bonds is 6. The van der Waals surface area contributed by atoms with E-state index in [1.165, 1.54) is 5.69 Å². The highest BCUT2D eigenvalue weighted by atomic mass is 79.9. The van der Waals surface area contributed by atoms with Gasteiger partial charge in [-0.25, -0.2) is 0 Å². The summed E-state index contributed by atoms with van der Waals surface area (Å²) < 4.78 is 8.57. The van der Waals surface area contributed by atoms with Crippen LogP contribution in [0.2, 0.25) is 0 Å². The van der Waals surface area contributed by atoms with E-state index in [0.29, 0.717) is 6.04 Å². The molecule has 0 bridgehead atoms. The first-order chi connectivity index (χ1) is 9.61. The number of nitrogens with zero attached hydrogens (tertiary/aromatic N) is 3. The standard InChI is InChI=1S/C14H25BrN4O/c1-4-19-13(14(15)12(3)17-19)9-16-11(2)10-18-5-7-20-8-6-18/h11,16H,4-10H2,1-3H3. The Hall–Kier alpha value is -0.430. The number of aryl methyl sites for hydroxylation is 2. The number of hydrogen-bond donors (Lipinski definition) is 1. The van der Waals surface area contributed by atoms with Crippen LogP contribution in [0.25, 0.3) is 0 Å². The molecule has 0 amide bonds. The molecule has 1 aromatic heterocycles. The maximum absolute atomic E-state index is 5.38. The van der Waals surface area contributed by atoms with Crippen LogP contribution < -0.4 is 5.32 Å². The first-order valence-electron chi connectivity index (χ1n) is 7.37. The van der Waals surface area contributed by atoms with Crippen LogP contribution in [0.3, 0.4) is 0 Å². The number of morpholine rings is 1. The van der Waals surface area contributed by atoms with Crippen LogP contribution in [0.15, 0.2) is 4.47 Å². The predicted octanol–water partition coefficient (Wildman–Crippen LogP) is 1.78. The van der Waals surface area contributed by atoms with Crippen molar-refractivity contribution in [3.63, 3.8) is 0 Å². The predicted molar refractivity (Wildman–Crippen MR) is 83.9 cm³/mol. The largest absolute Gasteiger partial charge is 0.379 e. The van der Waals surface area contributed by atoms with Gasteiger partial charge >= 0.3 is 0 Å². The fourth-order valence-corrected chi connectivity index (χ4v) is 2.97. The lowest BCUT2D eigenvalue weighted by Gasteiger charge is -2.29. The molecule has 1 atom stereocenters. The van der Waals surface area contributed by atoms with Gasteiger partial charge in [-0.2, -0.15) is 5.10 Å². The fraction of sp³-hybridized carbons (Fsp3) is 0.786. The zero-order valence-corrected chi connectivity index (χ0v) is 14.2. The van der Waals surface area contributed by atoms with E-state index in [1.54, 1.807) is 0 Å². The maximum Gasteiger partial charge on any atom is 0.0739 e. The minimum absolute atomic E-state index is 0.459. The molecule has 0 spiro atoms. The summed E-state index contributed by atoms with van der Waals surface area (Å²) in [5, 5.41) is 8.13. The molecule has 1 aliphatic heterocycles. The summed E-state index contributed by atoms with van der Waals surface area (Å²) in [6, 6.07) is 0.459. The van der Waals surface area contributed by atoms with Gasteiger partial charge in [0, 0.05) is 38.8 Å². The molecule has 1 aliphatic rings. The van der Waals surface area contributed by atoms with E-state index in [-0.39, 0.29) is 0 Å². The van der Waals surface area contributed by atoms with E-state index in [9.17, 15) is 0 Å². The maximum atomic E-state index is 5.38. The monoisotopic (exact) mass is 344 g/mol. The van der Waals surface area contributed by atoms with Gasteiger partial charge in [-0.1, -0.05) is 0 Å². The van der Waals surface area contributed by atoms with Gasteiger partial charge in [-0.3, -0.25) is 9.58 Å². The van der Waals surface area contributed by atoms with E-state index in [0.717, 1.165) is 56.1 Å². The Labute approximate surface area is 129 Å². The molecular weight excluding hydrogens is 320 g/mol. The first-order valence-corrected chi connectivity index (χ1v) is 8.16. The van der Waals surface area contributed by atoms with Crippen LogP contribution >= 0.6 is 15.9 Å². The summed E-state index contributed by atoms with van der Waals surface area (Å²) in [5.74, 6) is 0. The van der Waals surface area contributed by atoms with Gasteiger partial charge in [-0.15, -0.1) is 0 Å². The Kier molecular flexibility index (Phi) is 6.01. The van der Waals surface area contributed by atoms with Gasteiger partial charge in [0.05, 0.1) is 29.1 Å². The number of aromatic nitrogens is 2. The normalized spacial score (nSPS) is 18.4. The van der Waals surface area contributed by atoms with Gasteiger partial charge in [-0.05, 0) is 36.7 Å². The Morgan fingerprint density at radius 1 is 1.40 bits per heavy atom. The lowest BCUT2D eigenvalue weighted by molar-refractivity contribution is 0.0343. The molecule has 1 unspecified atom stereocenters. The van der Waals surface area contributed by atoms with Crippen LogP contribution in [0.1, 0.15) is 25.2 Å². The van der Waals surface area contributed by atoms with Crippen molar-refractivity contribution in [1.82, 2.24) is 20.0 Å². The van der Waals surface area contributed by atoms with E-state index >= 15 is 0 Å². The third-order valence-electron chi connectivity index (χ3n) is 3.71. The Morgan fingerprint density at radius 2 is 2.10 bits per heavy atom. The lowest BCUT2D eigenvalue weighted by Crippen LogP contribution is -2.44. The Bertz CT molecular complexity index is 429. The topological polar surface area (TPSA) is 42.3 Å². The molecule has 2 rings (SSSR count). The third-order valence-corrected chi connectivity index (χ3v) is 4.74. The number of halogens is 1. The average molecular weight is 345 g/mol. The Morgan fingerprint density at radius 3 is 2.75 bits per heavy atom. The molecule has 1 fully saturated rings. The average Bonchev–Trinajstić information content (AvgIpc) is 2.73. The van der Waals surface area contributed by atoms with Gasteiger partial charge in [0.2, 0.25) is 0 Å². The highest BCUT2D eigenvalue weighted by molar-refractivity contribution is 9.10. The second-order valence-corrected chi connectivity index (χ2v) is 6.15. The summed E-state index contributed by atoms with van der Waals surface area (Å²) >= 11 is 3.64. The Balaban J connectivity index is 1.84. The summed E-state index contributed by atoms with van der Waals surface area (Å²) in [6.45, 7) is 13.0. The second-order valence-electron chi connectivity index (χ2n) is 5.36. The molecule has 0 radical (unpaired) electrons. The van der Waals surface area contributed by atoms with Crippen LogP contribution in [0, 0.1) is 6.92 Å². The van der Waals surface area contributed by atoms with Crippen molar-refractivity contribution in [2.24, 2.45) is 0 Å². The molecule has 0 aliphatic carbocycles. The van der Waals surface area contributed by atoms with Gasteiger partial charge in [0.25, 0.3) is 0 Å². The molecule has 1 N–H and O–H groups in total. The van der Waals surface area contributed by atoms with E-state index in [1.807, 2.05) is 6.92 Å². The second kappa shape index (κ2) is 7.54. The molecule has 0 saturated carbocycles. The fourth-order valence-electron chi connectivity index (χ4n) is 2.54. The molecule has 2 heterocycles. The summed E-state index contributed by atoms with van der Waals surface area (Å²) in [7, 11) is 0. The van der Waals surface area contributed by atoms with Crippen molar-refractivity contribution in [1.29, 1.82) is 0 Å². The summed E-state index contributed by atoms with van der Waals surface area (Å²) in [6.07, 6.45) is 0. The number of hydrogen-bond acceptors (Lipinski definition) is 4. The number of nitrogens with one attached hydrogen (secondary N) is 1. The van der Waals surface area contributed by atoms with E-state index in [2.05, 4.69) is 49.8 Å². The smallest absolute Gasteiger partial charge is 0.0739 e. The van der Waals surface area contributed by atoms with Crippen molar-refractivity contribution in [2.75, 3.05) is 32.8 Å². The third kappa shape index (κ3) is 4.04. The highest BCUT2D eigenvalue weighted by Crippen LogP contribution is 2.20. The molecule has 0 aromatic carbocycles. The number of ether oxygens (including phenoxy) is 1. The summed E-state index contributed by atoms with van der Waals surface area (Å²) in [5.41, 5.74) is 2.29. The van der Waals surface area contributed by atoms with Crippen LogP contribution in [0.5, 0.6) is 0 Å². The molecule has 114 valence electrons. The molecule has 20 heavy (non-hydrogen) atoms. The van der Waals surface area contributed by atoms with E-state index < -0.39 is 0 Å². The molecule has 1 aromatic rings. The van der Waals surface area contributed by atoms with Gasteiger partial charge < -0.3 is 10.1 Å². The highest BCUT2D eigenvalue weighted by Gasteiger charge is 2.16. The zero-order chi connectivity index (χ0) is 14.5. The SMILES string of the molecule is CCn1nc(C)c(Br)c1CNC(C)CN1CCOCC1. The van der Waals surface area contributed by atoms with Crippen LogP contribution in [0.4, 0.5) is 0 Å². The van der Waals surface area contributed by atoms with Gasteiger partial charge in [0.15, 0.2) is 0 Å². The molecule has 1 saturated heterocycles. The van der Waals surface area contributed by atoms with E-state index in [4.69, 9.17) is 4.74 Å². The van der Waals surface area contributed by atoms with Crippen LogP contribution in [-0.4, -0.2) is 53.6 Å². The lowest BCUT2D eigenvalue weighted by atomic mass is 10.2. The summed E-state index contributed by atoms with van der Waals surface area (Å²) in [4.78, 5) is 2.46. The minimum atomic E-state index is 0.459. The van der Waals surface area contributed by atoms with Crippen molar-refractivity contribution in [3.05, 3.63) is 15.9 Å². The van der Waals surface area contributed by atoms with Crippen molar-refractivity contribution < 1.29 is 4.74 Å². The quantitative estimate of drug-likeness (QED) is 0.854. The zero-order valence-electron chi connectivity index (χ0n) is 12.7. The molecular formula is C14H25BrN4O. The molecule has 5 nitrogen and oxygen atoms in total.